The van der Waals surface area contributed by atoms with Crippen molar-refractivity contribution in [3.63, 3.8) is 0 Å². The number of nitrogens with two attached hydrogens (primary N) is 1. The second-order valence-corrected chi connectivity index (χ2v) is 13.6. The molecule has 2 aromatic heterocycles. The number of aromatic amines is 1. The Morgan fingerprint density at radius 3 is 2.86 bits per heavy atom. The highest BCUT2D eigenvalue weighted by Gasteiger charge is 2.14. The van der Waals surface area contributed by atoms with E-state index in [1.165, 1.54) is 0 Å². The lowest BCUT2D eigenvalue weighted by molar-refractivity contribution is 0.0784. The molecule has 148 valence electrons. The Hall–Kier alpha value is -2.78. The van der Waals surface area contributed by atoms with Gasteiger partial charge in [0.2, 0.25) is 0 Å². The third-order valence-electron chi connectivity index (χ3n) is 4.40. The maximum atomic E-state index is 11.5. The van der Waals surface area contributed by atoms with Gasteiger partial charge in [-0.1, -0.05) is 37.8 Å². The number of aromatic nitrogens is 5. The first-order chi connectivity index (χ1) is 13.3. The summed E-state index contributed by atoms with van der Waals surface area (Å²) in [6, 6.07) is 10.9. The SMILES string of the molecule is C[Si](C)(C)CCOCn1nnnc1-c1cccc(Cc2cc[nH]c2C(N)=O)c1. The van der Waals surface area contributed by atoms with E-state index in [1.807, 2.05) is 30.3 Å². The molecule has 0 saturated heterocycles. The van der Waals surface area contributed by atoms with E-state index < -0.39 is 14.0 Å². The van der Waals surface area contributed by atoms with Gasteiger partial charge in [-0.25, -0.2) is 0 Å². The summed E-state index contributed by atoms with van der Waals surface area (Å²) in [4.78, 5) is 14.4. The number of carbonyl (C=O) groups excluding carboxylic acids is 1. The van der Waals surface area contributed by atoms with Crippen LogP contribution in [0.15, 0.2) is 36.5 Å². The highest BCUT2D eigenvalue weighted by molar-refractivity contribution is 6.76. The Bertz CT molecular complexity index is 944. The van der Waals surface area contributed by atoms with Crippen LogP contribution in [0.25, 0.3) is 11.4 Å². The number of nitrogens with zero attached hydrogens (tertiary/aromatic N) is 4. The lowest BCUT2D eigenvalue weighted by Gasteiger charge is -2.15. The number of nitrogens with one attached hydrogen (secondary N) is 1. The predicted octanol–water partition coefficient (Wildman–Crippen LogP) is 2.67. The number of carbonyl (C=O) groups is 1. The average Bonchev–Trinajstić information content (AvgIpc) is 3.27. The molecule has 0 aliphatic heterocycles. The largest absolute Gasteiger partial charge is 0.364 e. The van der Waals surface area contributed by atoms with E-state index >= 15 is 0 Å². The molecule has 1 amide bonds. The van der Waals surface area contributed by atoms with Crippen molar-refractivity contribution in [2.45, 2.75) is 38.8 Å². The van der Waals surface area contributed by atoms with Crippen molar-refractivity contribution in [2.24, 2.45) is 5.73 Å². The van der Waals surface area contributed by atoms with Crippen molar-refractivity contribution in [1.29, 1.82) is 0 Å². The summed E-state index contributed by atoms with van der Waals surface area (Å²) in [6.45, 7) is 7.98. The van der Waals surface area contributed by atoms with Gasteiger partial charge in [0.1, 0.15) is 12.4 Å². The molecule has 3 rings (SSSR count). The van der Waals surface area contributed by atoms with E-state index in [4.69, 9.17) is 10.5 Å². The van der Waals surface area contributed by atoms with Crippen molar-refractivity contribution in [2.75, 3.05) is 6.61 Å². The molecule has 8 nitrogen and oxygen atoms in total. The number of benzene rings is 1. The number of tetrazole rings is 1. The summed E-state index contributed by atoms with van der Waals surface area (Å²) in [7, 11) is -1.13. The zero-order chi connectivity index (χ0) is 20.1. The Balaban J connectivity index is 1.71. The number of rotatable bonds is 9. The Morgan fingerprint density at radius 1 is 1.29 bits per heavy atom. The normalized spacial score (nSPS) is 11.7. The zero-order valence-corrected chi connectivity index (χ0v) is 17.5. The van der Waals surface area contributed by atoms with Gasteiger partial charge in [-0.05, 0) is 46.2 Å². The highest BCUT2D eigenvalue weighted by Crippen LogP contribution is 2.20. The fourth-order valence-corrected chi connectivity index (χ4v) is 3.60. The molecule has 1 aromatic carbocycles. The van der Waals surface area contributed by atoms with Gasteiger partial charge in [-0.15, -0.1) is 5.10 Å². The van der Waals surface area contributed by atoms with Gasteiger partial charge in [-0.3, -0.25) is 4.79 Å². The fourth-order valence-electron chi connectivity index (χ4n) is 2.85. The molecular formula is C19H26N6O2Si. The van der Waals surface area contributed by atoms with Crippen molar-refractivity contribution in [3.05, 3.63) is 53.3 Å². The second kappa shape index (κ2) is 8.49. The number of ether oxygens (including phenoxy) is 1. The molecular weight excluding hydrogens is 372 g/mol. The van der Waals surface area contributed by atoms with Crippen LogP contribution in [-0.2, 0) is 17.9 Å². The van der Waals surface area contributed by atoms with Gasteiger partial charge < -0.3 is 15.5 Å². The molecule has 0 aliphatic rings. The van der Waals surface area contributed by atoms with Crippen LogP contribution < -0.4 is 5.73 Å². The summed E-state index contributed by atoms with van der Waals surface area (Å²) < 4.78 is 7.43. The molecule has 9 heteroatoms. The molecule has 3 aromatic rings. The maximum Gasteiger partial charge on any atom is 0.265 e. The minimum absolute atomic E-state index is 0.320. The lowest BCUT2D eigenvalue weighted by Crippen LogP contribution is -2.22. The van der Waals surface area contributed by atoms with E-state index in [0.717, 1.165) is 22.7 Å². The smallest absolute Gasteiger partial charge is 0.265 e. The third-order valence-corrected chi connectivity index (χ3v) is 6.11. The van der Waals surface area contributed by atoms with E-state index in [1.54, 1.807) is 10.9 Å². The van der Waals surface area contributed by atoms with Crippen LogP contribution in [0.5, 0.6) is 0 Å². The number of primary amides is 1. The minimum Gasteiger partial charge on any atom is -0.364 e. The standard InChI is InChI=1S/C19H26N6O2Si/c1-28(2,3)10-9-27-13-25-19(22-23-24-25)16-6-4-5-14(12-16)11-15-7-8-21-17(15)18(20)26/h4-8,12,21H,9-11,13H2,1-3H3,(H2,20,26). The van der Waals surface area contributed by atoms with Crippen LogP contribution in [0.3, 0.4) is 0 Å². The Morgan fingerprint density at radius 2 is 2.11 bits per heavy atom. The van der Waals surface area contributed by atoms with Gasteiger partial charge in [-0.2, -0.15) is 4.68 Å². The fraction of sp³-hybridized carbons (Fsp3) is 0.368. The predicted molar refractivity (Wildman–Crippen MR) is 109 cm³/mol. The Labute approximate surface area is 165 Å². The van der Waals surface area contributed by atoms with Crippen molar-refractivity contribution in [3.8, 4) is 11.4 Å². The number of hydrogen-bond donors (Lipinski definition) is 2. The number of amides is 1. The van der Waals surface area contributed by atoms with Crippen LogP contribution >= 0.6 is 0 Å². The quantitative estimate of drug-likeness (QED) is 0.425. The van der Waals surface area contributed by atoms with E-state index in [2.05, 4.69) is 40.2 Å². The third kappa shape index (κ3) is 5.14. The molecule has 2 heterocycles. The molecule has 0 saturated carbocycles. The summed E-state index contributed by atoms with van der Waals surface area (Å²) in [6.07, 6.45) is 2.31. The monoisotopic (exact) mass is 398 g/mol. The van der Waals surface area contributed by atoms with Crippen LogP contribution in [0, 0.1) is 0 Å². The first-order valence-electron chi connectivity index (χ1n) is 9.23. The van der Waals surface area contributed by atoms with E-state index in [0.29, 0.717) is 31.3 Å². The van der Waals surface area contributed by atoms with Crippen LogP contribution in [0.2, 0.25) is 25.7 Å². The topological polar surface area (TPSA) is 112 Å². The molecule has 0 spiro atoms. The molecule has 3 N–H and O–H groups in total. The number of hydrogen-bond acceptors (Lipinski definition) is 5. The van der Waals surface area contributed by atoms with Gasteiger partial charge in [0.25, 0.3) is 5.91 Å². The highest BCUT2D eigenvalue weighted by atomic mass is 28.3. The van der Waals surface area contributed by atoms with Gasteiger partial charge in [0, 0.05) is 26.4 Å². The first kappa shape index (κ1) is 20.0. The summed E-state index contributed by atoms with van der Waals surface area (Å²) in [5.41, 5.74) is 8.64. The van der Waals surface area contributed by atoms with Gasteiger partial charge in [0.15, 0.2) is 5.82 Å². The molecule has 0 fully saturated rings. The molecule has 0 radical (unpaired) electrons. The lowest BCUT2D eigenvalue weighted by atomic mass is 10.0. The van der Waals surface area contributed by atoms with Gasteiger partial charge in [0.05, 0.1) is 0 Å². The maximum absolute atomic E-state index is 11.5. The molecule has 28 heavy (non-hydrogen) atoms. The first-order valence-corrected chi connectivity index (χ1v) is 12.9. The second-order valence-electron chi connectivity index (χ2n) is 7.97. The van der Waals surface area contributed by atoms with Crippen molar-refractivity contribution < 1.29 is 9.53 Å². The Kier molecular flexibility index (Phi) is 6.05. The van der Waals surface area contributed by atoms with Crippen LogP contribution in [0.1, 0.15) is 21.6 Å². The zero-order valence-electron chi connectivity index (χ0n) is 16.5. The van der Waals surface area contributed by atoms with Gasteiger partial charge >= 0.3 is 0 Å². The van der Waals surface area contributed by atoms with Crippen molar-refractivity contribution >= 4 is 14.0 Å². The summed E-state index contributed by atoms with van der Waals surface area (Å²) in [5, 5.41) is 12.0. The van der Waals surface area contributed by atoms with Crippen LogP contribution in [-0.4, -0.2) is 45.8 Å². The van der Waals surface area contributed by atoms with Crippen molar-refractivity contribution in [1.82, 2.24) is 25.2 Å². The number of H-pyrrole nitrogens is 1. The minimum atomic E-state index is -1.13. The molecule has 0 bridgehead atoms. The molecule has 0 aliphatic carbocycles. The van der Waals surface area contributed by atoms with E-state index in [-0.39, 0.29) is 0 Å². The summed E-state index contributed by atoms with van der Waals surface area (Å²) >= 11 is 0. The summed E-state index contributed by atoms with van der Waals surface area (Å²) in [5.74, 6) is 0.189. The molecule has 0 unspecified atom stereocenters. The average molecular weight is 399 g/mol. The van der Waals surface area contributed by atoms with E-state index in [9.17, 15) is 4.79 Å². The van der Waals surface area contributed by atoms with Crippen LogP contribution in [0.4, 0.5) is 0 Å². The molecule has 0 atom stereocenters.